The van der Waals surface area contributed by atoms with Crippen LogP contribution in [0.25, 0.3) is 22.1 Å². The SMILES string of the molecule is CC(C)(C)OC(=O)N[C@@H]1COCC12CCN(c1nc3c(c(C4(c5nc6ccccc6o5)CC4)nn3C3CCCCO3)c(=O)[nH]1)CC2. The van der Waals surface area contributed by atoms with Gasteiger partial charge in [-0.1, -0.05) is 12.1 Å². The van der Waals surface area contributed by atoms with Crippen LogP contribution in [0.2, 0.25) is 0 Å². The number of H-pyrrole nitrogens is 1. The molecule has 4 aliphatic rings. The van der Waals surface area contributed by atoms with E-state index in [-0.39, 0.29) is 23.2 Å². The number of rotatable bonds is 5. The van der Waals surface area contributed by atoms with Gasteiger partial charge in [-0.3, -0.25) is 9.78 Å². The van der Waals surface area contributed by atoms with Crippen molar-refractivity contribution in [2.24, 2.45) is 5.41 Å². The van der Waals surface area contributed by atoms with Gasteiger partial charge in [0.2, 0.25) is 11.8 Å². The smallest absolute Gasteiger partial charge is 0.407 e. The van der Waals surface area contributed by atoms with Gasteiger partial charge >= 0.3 is 6.09 Å². The Balaban J connectivity index is 1.11. The summed E-state index contributed by atoms with van der Waals surface area (Å²) in [6.07, 6.45) is 5.20. The number of nitrogens with zero attached hydrogens (tertiary/aromatic N) is 5. The first kappa shape index (κ1) is 29.4. The van der Waals surface area contributed by atoms with Gasteiger partial charge in [-0.2, -0.15) is 10.1 Å². The Labute approximate surface area is 266 Å². The lowest BCUT2D eigenvalue weighted by atomic mass is 9.74. The summed E-state index contributed by atoms with van der Waals surface area (Å²) in [5, 5.41) is 8.61. The second-order valence-electron chi connectivity index (χ2n) is 14.3. The van der Waals surface area contributed by atoms with Crippen molar-refractivity contribution in [1.82, 2.24) is 30.0 Å². The molecule has 4 fully saturated rings. The van der Waals surface area contributed by atoms with Gasteiger partial charge < -0.3 is 28.8 Å². The standard InChI is InChI=1S/C33H41N7O6/c1-31(2,3)46-30(42)35-22-18-43-19-32(22)13-15-39(16-14-32)29-36-26-24(27(41)37-29)25(38-40(26)23-10-6-7-17-44-23)33(11-12-33)28-34-20-8-4-5-9-21(20)45-28/h4-5,8-9,22-23H,6-7,10-19H2,1-3H3,(H,35,42)(H,36,37,41)/t22-,23?/m1/s1. The number of anilines is 1. The fourth-order valence-electron chi connectivity index (χ4n) is 7.35. The molecule has 0 bridgehead atoms. The predicted octanol–water partition coefficient (Wildman–Crippen LogP) is 4.55. The largest absolute Gasteiger partial charge is 0.444 e. The summed E-state index contributed by atoms with van der Waals surface area (Å²) in [6.45, 7) is 8.52. The molecular weight excluding hydrogens is 590 g/mol. The van der Waals surface area contributed by atoms with Gasteiger partial charge in [0.25, 0.3) is 5.56 Å². The van der Waals surface area contributed by atoms with Crippen LogP contribution in [0.4, 0.5) is 10.7 Å². The Hall–Kier alpha value is -3.97. The Bertz CT molecular complexity index is 1800. The van der Waals surface area contributed by atoms with Crippen LogP contribution in [-0.4, -0.2) is 75.4 Å². The van der Waals surface area contributed by atoms with Crippen molar-refractivity contribution in [3.8, 4) is 0 Å². The van der Waals surface area contributed by atoms with E-state index in [0.717, 1.165) is 56.0 Å². The number of benzene rings is 1. The quantitative estimate of drug-likeness (QED) is 0.321. The lowest BCUT2D eigenvalue weighted by molar-refractivity contribution is -0.0373. The van der Waals surface area contributed by atoms with Crippen molar-refractivity contribution in [1.29, 1.82) is 0 Å². The summed E-state index contributed by atoms with van der Waals surface area (Å²) >= 11 is 0. The molecule has 8 rings (SSSR count). The van der Waals surface area contributed by atoms with Crippen LogP contribution >= 0.6 is 0 Å². The van der Waals surface area contributed by atoms with Gasteiger partial charge in [0.15, 0.2) is 17.5 Å². The van der Waals surface area contributed by atoms with Crippen LogP contribution in [0.1, 0.15) is 83.5 Å². The van der Waals surface area contributed by atoms with E-state index in [4.69, 9.17) is 33.7 Å². The first-order chi connectivity index (χ1) is 22.1. The van der Waals surface area contributed by atoms with E-state index in [0.29, 0.717) is 61.5 Å². The molecule has 13 nitrogen and oxygen atoms in total. The number of fused-ring (bicyclic) bond motifs is 2. The van der Waals surface area contributed by atoms with Gasteiger partial charge in [0.1, 0.15) is 16.5 Å². The van der Waals surface area contributed by atoms with E-state index in [9.17, 15) is 9.59 Å². The second kappa shape index (κ2) is 10.8. The highest BCUT2D eigenvalue weighted by molar-refractivity contribution is 5.81. The van der Waals surface area contributed by atoms with Crippen LogP contribution in [-0.2, 0) is 19.6 Å². The fraction of sp³-hybridized carbons (Fsp3) is 0.606. The molecule has 1 saturated carbocycles. The Morgan fingerprint density at radius 1 is 1.11 bits per heavy atom. The normalized spacial score (nSPS) is 24.1. The number of alkyl carbamates (subject to hydrolysis) is 1. The first-order valence-electron chi connectivity index (χ1n) is 16.5. The van der Waals surface area contributed by atoms with Crippen molar-refractivity contribution in [3.63, 3.8) is 0 Å². The molecule has 1 spiro atoms. The van der Waals surface area contributed by atoms with Gasteiger partial charge in [0.05, 0.1) is 30.4 Å². The zero-order chi connectivity index (χ0) is 31.7. The summed E-state index contributed by atoms with van der Waals surface area (Å²) < 4.78 is 25.6. The molecule has 4 aromatic rings. The molecule has 46 heavy (non-hydrogen) atoms. The van der Waals surface area contributed by atoms with Gasteiger partial charge in [-0.25, -0.2) is 14.5 Å². The molecule has 3 saturated heterocycles. The molecule has 6 heterocycles. The van der Waals surface area contributed by atoms with Crippen LogP contribution in [0.3, 0.4) is 0 Å². The van der Waals surface area contributed by atoms with Crippen molar-refractivity contribution in [2.45, 2.75) is 89.0 Å². The Morgan fingerprint density at radius 3 is 2.63 bits per heavy atom. The molecule has 3 aromatic heterocycles. The molecule has 1 amide bonds. The molecule has 3 aliphatic heterocycles. The van der Waals surface area contributed by atoms with E-state index in [2.05, 4.69) is 15.2 Å². The highest BCUT2D eigenvalue weighted by atomic mass is 16.6. The number of carbonyl (C=O) groups is 1. The number of carbonyl (C=O) groups excluding carboxylic acids is 1. The summed E-state index contributed by atoms with van der Waals surface area (Å²) in [7, 11) is 0. The lowest BCUT2D eigenvalue weighted by Gasteiger charge is -2.42. The maximum atomic E-state index is 14.0. The highest BCUT2D eigenvalue weighted by Crippen LogP contribution is 2.54. The van der Waals surface area contributed by atoms with Gasteiger partial charge in [0, 0.05) is 25.1 Å². The van der Waals surface area contributed by atoms with E-state index in [1.54, 1.807) is 0 Å². The third kappa shape index (κ3) is 5.04. The second-order valence-corrected chi connectivity index (χ2v) is 14.3. The Morgan fingerprint density at radius 2 is 1.91 bits per heavy atom. The maximum Gasteiger partial charge on any atom is 0.407 e. The summed E-state index contributed by atoms with van der Waals surface area (Å²) in [6, 6.07) is 7.56. The topological polar surface area (TPSA) is 150 Å². The van der Waals surface area contributed by atoms with Crippen molar-refractivity contribution in [3.05, 3.63) is 46.2 Å². The Kier molecular flexibility index (Phi) is 6.91. The van der Waals surface area contributed by atoms with Gasteiger partial charge in [-0.15, -0.1) is 0 Å². The number of amides is 1. The lowest BCUT2D eigenvalue weighted by Crippen LogP contribution is -2.53. The number of hydrogen-bond donors (Lipinski definition) is 2. The number of hydrogen-bond acceptors (Lipinski definition) is 10. The maximum absolute atomic E-state index is 14.0. The highest BCUT2D eigenvalue weighted by Gasteiger charge is 2.54. The van der Waals surface area contributed by atoms with Crippen LogP contribution in [0.5, 0.6) is 0 Å². The summed E-state index contributed by atoms with van der Waals surface area (Å²) in [5.74, 6) is 1.10. The zero-order valence-corrected chi connectivity index (χ0v) is 26.6. The molecule has 1 unspecified atom stereocenters. The molecule has 13 heteroatoms. The van der Waals surface area contributed by atoms with E-state index < -0.39 is 17.1 Å². The van der Waals surface area contributed by atoms with Crippen molar-refractivity contribution >= 4 is 34.2 Å². The molecule has 2 atom stereocenters. The number of piperidine rings is 1. The molecule has 244 valence electrons. The monoisotopic (exact) mass is 631 g/mol. The van der Waals surface area contributed by atoms with Crippen molar-refractivity contribution < 1.29 is 23.4 Å². The molecule has 1 aromatic carbocycles. The van der Waals surface area contributed by atoms with E-state index >= 15 is 0 Å². The third-order valence-corrected chi connectivity index (χ3v) is 10.0. The van der Waals surface area contributed by atoms with Crippen LogP contribution in [0.15, 0.2) is 33.5 Å². The minimum absolute atomic E-state index is 0.145. The zero-order valence-electron chi connectivity index (χ0n) is 26.6. The predicted molar refractivity (Wildman–Crippen MR) is 169 cm³/mol. The first-order valence-corrected chi connectivity index (χ1v) is 16.5. The van der Waals surface area contributed by atoms with Crippen LogP contribution in [0, 0.1) is 5.41 Å². The number of oxazole rings is 1. The molecule has 2 N–H and O–H groups in total. The van der Waals surface area contributed by atoms with E-state index in [1.807, 2.05) is 49.7 Å². The van der Waals surface area contributed by atoms with E-state index in [1.165, 1.54) is 0 Å². The van der Waals surface area contributed by atoms with Gasteiger partial charge in [-0.05, 0) is 77.8 Å². The molecule has 1 aliphatic carbocycles. The number of ether oxygens (including phenoxy) is 3. The van der Waals surface area contributed by atoms with Crippen molar-refractivity contribution in [2.75, 3.05) is 37.8 Å². The number of aromatic nitrogens is 5. The third-order valence-electron chi connectivity index (χ3n) is 10.0. The molecule has 0 radical (unpaired) electrons. The summed E-state index contributed by atoms with van der Waals surface area (Å²) in [4.78, 5) is 41.7. The average Bonchev–Trinajstić information content (AvgIpc) is 3.35. The average molecular weight is 632 g/mol. The van der Waals surface area contributed by atoms with Crippen LogP contribution < -0.4 is 15.8 Å². The number of para-hydroxylation sites is 2. The number of aromatic amines is 1. The minimum atomic E-state index is -0.580. The number of nitrogens with one attached hydrogen (secondary N) is 2. The summed E-state index contributed by atoms with van der Waals surface area (Å²) in [5.41, 5.74) is 1.09. The fourth-order valence-corrected chi connectivity index (χ4v) is 7.35. The minimum Gasteiger partial charge on any atom is -0.444 e. The molecular formula is C33H41N7O6.